The van der Waals surface area contributed by atoms with Crippen molar-refractivity contribution in [2.45, 2.75) is 69.2 Å². The lowest BCUT2D eigenvalue weighted by atomic mass is 9.98. The minimum Gasteiger partial charge on any atom is -0.314 e. The first-order valence-electron chi connectivity index (χ1n) is 7.80. The summed E-state index contributed by atoms with van der Waals surface area (Å²) >= 11 is 2.07. The third kappa shape index (κ3) is 4.43. The SMILES string of the molecule is CSC1CCCN(C(C)CC2CCCCN2)CC1. The Hall–Kier alpha value is 0.270. The maximum Gasteiger partial charge on any atom is 0.00818 e. The molecule has 2 heterocycles. The summed E-state index contributed by atoms with van der Waals surface area (Å²) in [5.74, 6) is 0. The highest BCUT2D eigenvalue weighted by molar-refractivity contribution is 7.99. The number of hydrogen-bond donors (Lipinski definition) is 1. The number of rotatable bonds is 4. The molecule has 0 aliphatic carbocycles. The largest absolute Gasteiger partial charge is 0.314 e. The first-order valence-corrected chi connectivity index (χ1v) is 9.08. The quantitative estimate of drug-likeness (QED) is 0.845. The van der Waals surface area contributed by atoms with E-state index in [4.69, 9.17) is 0 Å². The lowest BCUT2D eigenvalue weighted by molar-refractivity contribution is 0.186. The van der Waals surface area contributed by atoms with Crippen molar-refractivity contribution in [3.8, 4) is 0 Å². The zero-order valence-electron chi connectivity index (χ0n) is 12.2. The van der Waals surface area contributed by atoms with Crippen molar-refractivity contribution in [3.05, 3.63) is 0 Å². The number of likely N-dealkylation sites (tertiary alicyclic amines) is 1. The van der Waals surface area contributed by atoms with Gasteiger partial charge >= 0.3 is 0 Å². The van der Waals surface area contributed by atoms with Crippen molar-refractivity contribution in [1.29, 1.82) is 0 Å². The van der Waals surface area contributed by atoms with Gasteiger partial charge in [-0.2, -0.15) is 11.8 Å². The predicted molar refractivity (Wildman–Crippen MR) is 82.4 cm³/mol. The molecular formula is C15H30N2S. The van der Waals surface area contributed by atoms with E-state index in [1.807, 2.05) is 0 Å². The van der Waals surface area contributed by atoms with Crippen LogP contribution in [0, 0.1) is 0 Å². The van der Waals surface area contributed by atoms with Crippen molar-refractivity contribution < 1.29 is 0 Å². The van der Waals surface area contributed by atoms with Crippen molar-refractivity contribution in [2.75, 3.05) is 25.9 Å². The normalized spacial score (nSPS) is 33.0. The molecule has 0 spiro atoms. The summed E-state index contributed by atoms with van der Waals surface area (Å²) < 4.78 is 0. The topological polar surface area (TPSA) is 15.3 Å². The van der Waals surface area contributed by atoms with Gasteiger partial charge in [-0.1, -0.05) is 6.42 Å². The zero-order valence-corrected chi connectivity index (χ0v) is 13.0. The minimum atomic E-state index is 0.765. The van der Waals surface area contributed by atoms with E-state index in [1.165, 1.54) is 64.6 Å². The summed E-state index contributed by atoms with van der Waals surface area (Å²) in [4.78, 5) is 2.74. The van der Waals surface area contributed by atoms with E-state index in [0.717, 1.165) is 17.3 Å². The summed E-state index contributed by atoms with van der Waals surface area (Å²) in [6.07, 6.45) is 12.0. The molecule has 0 saturated carbocycles. The van der Waals surface area contributed by atoms with Gasteiger partial charge in [-0.3, -0.25) is 0 Å². The van der Waals surface area contributed by atoms with Crippen LogP contribution in [0.2, 0.25) is 0 Å². The van der Waals surface area contributed by atoms with Crippen LogP contribution in [0.4, 0.5) is 0 Å². The van der Waals surface area contributed by atoms with Crippen LogP contribution in [0.5, 0.6) is 0 Å². The zero-order chi connectivity index (χ0) is 12.8. The molecule has 2 aliphatic heterocycles. The first-order chi connectivity index (χ1) is 8.79. The standard InChI is InChI=1S/C15H30N2S/c1-13(12-14-6-3-4-9-16-14)17-10-5-7-15(18-2)8-11-17/h13-16H,3-12H2,1-2H3. The lowest BCUT2D eigenvalue weighted by Crippen LogP contribution is -2.42. The average molecular weight is 270 g/mol. The second kappa shape index (κ2) is 7.76. The van der Waals surface area contributed by atoms with Crippen LogP contribution in [0.25, 0.3) is 0 Å². The summed E-state index contributed by atoms with van der Waals surface area (Å²) in [7, 11) is 0. The van der Waals surface area contributed by atoms with Crippen LogP contribution < -0.4 is 5.32 Å². The van der Waals surface area contributed by atoms with Gasteiger partial charge in [-0.25, -0.2) is 0 Å². The van der Waals surface area contributed by atoms with E-state index < -0.39 is 0 Å². The second-order valence-electron chi connectivity index (χ2n) is 6.06. The van der Waals surface area contributed by atoms with Crippen molar-refractivity contribution in [2.24, 2.45) is 0 Å². The molecule has 0 aromatic heterocycles. The Morgan fingerprint density at radius 3 is 2.78 bits per heavy atom. The van der Waals surface area contributed by atoms with Gasteiger partial charge in [0.1, 0.15) is 0 Å². The second-order valence-corrected chi connectivity index (χ2v) is 7.19. The lowest BCUT2D eigenvalue weighted by Gasteiger charge is -2.32. The molecule has 2 fully saturated rings. The van der Waals surface area contributed by atoms with Crippen molar-refractivity contribution in [1.82, 2.24) is 10.2 Å². The molecule has 0 bridgehead atoms. The number of nitrogens with zero attached hydrogens (tertiary/aromatic N) is 1. The molecule has 3 atom stereocenters. The Bertz CT molecular complexity index is 229. The number of thioether (sulfide) groups is 1. The fourth-order valence-electron chi connectivity index (χ4n) is 3.45. The molecule has 1 N–H and O–H groups in total. The fraction of sp³-hybridized carbons (Fsp3) is 1.00. The summed E-state index contributed by atoms with van der Waals surface area (Å²) in [6.45, 7) is 6.33. The summed E-state index contributed by atoms with van der Waals surface area (Å²) in [6, 6.07) is 1.55. The maximum atomic E-state index is 3.69. The molecule has 0 radical (unpaired) electrons. The van der Waals surface area contributed by atoms with Crippen LogP contribution in [-0.4, -0.2) is 48.1 Å². The van der Waals surface area contributed by atoms with Crippen LogP contribution >= 0.6 is 11.8 Å². The van der Waals surface area contributed by atoms with Crippen LogP contribution in [-0.2, 0) is 0 Å². The highest BCUT2D eigenvalue weighted by Gasteiger charge is 2.23. The van der Waals surface area contributed by atoms with Crippen LogP contribution in [0.1, 0.15) is 51.9 Å². The third-order valence-corrected chi connectivity index (χ3v) is 5.84. The van der Waals surface area contributed by atoms with E-state index in [9.17, 15) is 0 Å². The van der Waals surface area contributed by atoms with E-state index in [-0.39, 0.29) is 0 Å². The van der Waals surface area contributed by atoms with Gasteiger partial charge in [-0.15, -0.1) is 0 Å². The molecule has 2 aliphatic rings. The van der Waals surface area contributed by atoms with E-state index >= 15 is 0 Å². The van der Waals surface area contributed by atoms with Crippen LogP contribution in [0.15, 0.2) is 0 Å². The van der Waals surface area contributed by atoms with Gasteiger partial charge in [0.15, 0.2) is 0 Å². The highest BCUT2D eigenvalue weighted by atomic mass is 32.2. The van der Waals surface area contributed by atoms with Crippen LogP contribution in [0.3, 0.4) is 0 Å². The Morgan fingerprint density at radius 2 is 2.06 bits per heavy atom. The number of hydrogen-bond acceptors (Lipinski definition) is 3. The van der Waals surface area contributed by atoms with Gasteiger partial charge in [0.2, 0.25) is 0 Å². The average Bonchev–Trinajstić information content (AvgIpc) is 2.65. The van der Waals surface area contributed by atoms with Gasteiger partial charge in [0.05, 0.1) is 0 Å². The Morgan fingerprint density at radius 1 is 1.17 bits per heavy atom. The monoisotopic (exact) mass is 270 g/mol. The predicted octanol–water partition coefficient (Wildman–Crippen LogP) is 3.12. The molecule has 0 aromatic carbocycles. The highest BCUT2D eigenvalue weighted by Crippen LogP contribution is 2.23. The fourth-order valence-corrected chi connectivity index (χ4v) is 4.19. The summed E-state index contributed by atoms with van der Waals surface area (Å²) in [5.41, 5.74) is 0. The molecule has 0 aromatic rings. The molecule has 2 rings (SSSR count). The first kappa shape index (κ1) is 14.7. The molecule has 0 amide bonds. The molecule has 3 unspecified atom stereocenters. The Kier molecular flexibility index (Phi) is 6.33. The van der Waals surface area contributed by atoms with Gasteiger partial charge < -0.3 is 10.2 Å². The molecule has 2 saturated heterocycles. The number of piperidine rings is 1. The minimum absolute atomic E-state index is 0.765. The molecular weight excluding hydrogens is 240 g/mol. The molecule has 106 valence electrons. The molecule has 3 heteroatoms. The maximum absolute atomic E-state index is 3.69. The van der Waals surface area contributed by atoms with Crippen molar-refractivity contribution in [3.63, 3.8) is 0 Å². The molecule has 18 heavy (non-hydrogen) atoms. The van der Waals surface area contributed by atoms with Gasteiger partial charge in [0.25, 0.3) is 0 Å². The van der Waals surface area contributed by atoms with E-state index in [0.29, 0.717) is 0 Å². The van der Waals surface area contributed by atoms with E-state index in [2.05, 4.69) is 35.2 Å². The van der Waals surface area contributed by atoms with Gasteiger partial charge in [0, 0.05) is 17.3 Å². The Balaban J connectivity index is 1.75. The number of nitrogens with one attached hydrogen (secondary N) is 1. The smallest absolute Gasteiger partial charge is 0.00818 e. The van der Waals surface area contributed by atoms with E-state index in [1.54, 1.807) is 0 Å². The van der Waals surface area contributed by atoms with Gasteiger partial charge in [-0.05, 0) is 71.3 Å². The molecule has 2 nitrogen and oxygen atoms in total. The third-order valence-electron chi connectivity index (χ3n) is 4.70. The summed E-state index contributed by atoms with van der Waals surface area (Å²) in [5, 5.41) is 4.61. The Labute approximate surface area is 117 Å². The van der Waals surface area contributed by atoms with Crippen molar-refractivity contribution >= 4 is 11.8 Å².